The van der Waals surface area contributed by atoms with Crippen LogP contribution in [0.2, 0.25) is 0 Å². The van der Waals surface area contributed by atoms with Crippen LogP contribution in [-0.4, -0.2) is 63.3 Å². The third kappa shape index (κ3) is 5.52. The molecule has 0 aromatic rings. The van der Waals surface area contributed by atoms with Crippen molar-refractivity contribution in [1.29, 1.82) is 0 Å². The number of hydrogen-bond donors (Lipinski definition) is 2. The summed E-state index contributed by atoms with van der Waals surface area (Å²) in [4.78, 5) is 14.6. The van der Waals surface area contributed by atoms with E-state index in [1.54, 1.807) is 7.11 Å². The van der Waals surface area contributed by atoms with Crippen LogP contribution in [0.3, 0.4) is 0 Å². The van der Waals surface area contributed by atoms with Crippen molar-refractivity contribution in [3.63, 3.8) is 0 Å². The summed E-state index contributed by atoms with van der Waals surface area (Å²) >= 11 is 0. The van der Waals surface area contributed by atoms with Gasteiger partial charge in [-0.2, -0.15) is 0 Å². The molecule has 0 bridgehead atoms. The highest BCUT2D eigenvalue weighted by molar-refractivity contribution is 5.81. The van der Waals surface area contributed by atoms with E-state index in [9.17, 15) is 4.79 Å². The lowest BCUT2D eigenvalue weighted by Gasteiger charge is -2.38. The summed E-state index contributed by atoms with van der Waals surface area (Å²) in [5.41, 5.74) is 0.188. The molecule has 2 unspecified atom stereocenters. The molecule has 2 atom stereocenters. The molecule has 5 nitrogen and oxygen atoms in total. The molecule has 0 saturated carbocycles. The van der Waals surface area contributed by atoms with Crippen LogP contribution < -0.4 is 10.6 Å². The predicted molar refractivity (Wildman–Crippen MR) is 88.9 cm³/mol. The molecule has 0 aromatic heterocycles. The third-order valence-electron chi connectivity index (χ3n) is 4.73. The van der Waals surface area contributed by atoms with Crippen LogP contribution in [0, 0.1) is 11.3 Å². The van der Waals surface area contributed by atoms with Crippen molar-refractivity contribution in [2.75, 3.05) is 46.4 Å². The fourth-order valence-corrected chi connectivity index (χ4v) is 3.78. The zero-order valence-electron chi connectivity index (χ0n) is 14.5. The Morgan fingerprint density at radius 1 is 1.36 bits per heavy atom. The molecule has 0 aliphatic carbocycles. The van der Waals surface area contributed by atoms with Crippen molar-refractivity contribution in [3.8, 4) is 0 Å². The maximum atomic E-state index is 12.1. The molecule has 2 saturated heterocycles. The Balaban J connectivity index is 1.72. The van der Waals surface area contributed by atoms with E-state index < -0.39 is 0 Å². The zero-order chi connectivity index (χ0) is 16.0. The molecule has 128 valence electrons. The largest absolute Gasteiger partial charge is 0.384 e. The molecule has 5 heteroatoms. The van der Waals surface area contributed by atoms with Crippen molar-refractivity contribution in [2.45, 2.75) is 45.6 Å². The van der Waals surface area contributed by atoms with Crippen LogP contribution in [0.4, 0.5) is 0 Å². The Morgan fingerprint density at radius 3 is 2.86 bits per heavy atom. The molecule has 2 N–H and O–H groups in total. The summed E-state index contributed by atoms with van der Waals surface area (Å²) in [5, 5.41) is 6.41. The van der Waals surface area contributed by atoms with Gasteiger partial charge in [0.2, 0.25) is 5.91 Å². The lowest BCUT2D eigenvalue weighted by atomic mass is 9.91. The minimum absolute atomic E-state index is 0.0420. The van der Waals surface area contributed by atoms with E-state index in [2.05, 4.69) is 29.4 Å². The Hall–Kier alpha value is -0.650. The number of hydrogen-bond acceptors (Lipinski definition) is 4. The van der Waals surface area contributed by atoms with E-state index in [1.165, 1.54) is 19.4 Å². The number of carbonyl (C=O) groups excluding carboxylic acids is 1. The fourth-order valence-electron chi connectivity index (χ4n) is 3.78. The number of carbonyl (C=O) groups is 1. The van der Waals surface area contributed by atoms with Gasteiger partial charge in [0, 0.05) is 32.2 Å². The van der Waals surface area contributed by atoms with Gasteiger partial charge >= 0.3 is 0 Å². The van der Waals surface area contributed by atoms with Gasteiger partial charge in [0.1, 0.15) is 0 Å². The van der Waals surface area contributed by atoms with Crippen LogP contribution in [0.5, 0.6) is 0 Å². The number of nitrogens with one attached hydrogen (secondary N) is 2. The lowest BCUT2D eigenvalue weighted by molar-refractivity contribution is -0.123. The summed E-state index contributed by atoms with van der Waals surface area (Å²) in [6.45, 7) is 10.4. The number of piperidine rings is 1. The van der Waals surface area contributed by atoms with E-state index in [4.69, 9.17) is 4.74 Å². The Bertz CT molecular complexity index is 354. The molecule has 0 spiro atoms. The number of methoxy groups -OCH3 is 1. The van der Waals surface area contributed by atoms with E-state index >= 15 is 0 Å². The third-order valence-corrected chi connectivity index (χ3v) is 4.73. The number of likely N-dealkylation sites (tertiary alicyclic amines) is 1. The molecule has 2 aliphatic rings. The van der Waals surface area contributed by atoms with Crippen molar-refractivity contribution in [2.24, 2.45) is 11.3 Å². The molecule has 1 amide bonds. The maximum absolute atomic E-state index is 12.1. The van der Waals surface area contributed by atoms with E-state index in [0.29, 0.717) is 5.92 Å². The van der Waals surface area contributed by atoms with Gasteiger partial charge in [-0.05, 0) is 44.7 Å². The first-order chi connectivity index (χ1) is 10.5. The number of rotatable bonds is 7. The van der Waals surface area contributed by atoms with Gasteiger partial charge in [-0.25, -0.2) is 0 Å². The van der Waals surface area contributed by atoms with Crippen molar-refractivity contribution >= 4 is 5.91 Å². The molecular formula is C17H33N3O2. The summed E-state index contributed by atoms with van der Waals surface area (Å²) in [5.74, 6) is 0.770. The average molecular weight is 311 g/mol. The maximum Gasteiger partial charge on any atom is 0.237 e. The van der Waals surface area contributed by atoms with Crippen molar-refractivity contribution in [1.82, 2.24) is 15.5 Å². The van der Waals surface area contributed by atoms with Crippen LogP contribution >= 0.6 is 0 Å². The van der Waals surface area contributed by atoms with Gasteiger partial charge in [0.05, 0.1) is 12.6 Å². The standard InChI is InChI=1S/C17H33N3O2/c1-17(2,13-22-3)12-20-9-5-6-14(11-20)10-19-16(21)15-7-4-8-18-15/h14-15,18H,4-13H2,1-3H3,(H,19,21). The zero-order valence-corrected chi connectivity index (χ0v) is 14.5. The van der Waals surface area contributed by atoms with Gasteiger partial charge in [0.15, 0.2) is 0 Å². The van der Waals surface area contributed by atoms with Crippen LogP contribution in [0.1, 0.15) is 39.5 Å². The molecule has 22 heavy (non-hydrogen) atoms. The number of amides is 1. The van der Waals surface area contributed by atoms with Crippen LogP contribution in [-0.2, 0) is 9.53 Å². The second-order valence-corrected chi connectivity index (χ2v) is 7.73. The van der Waals surface area contributed by atoms with Crippen LogP contribution in [0.15, 0.2) is 0 Å². The first kappa shape index (κ1) is 17.7. The van der Waals surface area contributed by atoms with Gasteiger partial charge in [-0.3, -0.25) is 4.79 Å². The lowest BCUT2D eigenvalue weighted by Crippen LogP contribution is -2.47. The van der Waals surface area contributed by atoms with Crippen LogP contribution in [0.25, 0.3) is 0 Å². The normalized spacial score (nSPS) is 27.0. The fraction of sp³-hybridized carbons (Fsp3) is 0.941. The summed E-state index contributed by atoms with van der Waals surface area (Å²) < 4.78 is 5.32. The molecule has 2 fully saturated rings. The molecule has 2 aliphatic heterocycles. The smallest absolute Gasteiger partial charge is 0.237 e. The first-order valence-electron chi connectivity index (χ1n) is 8.72. The highest BCUT2D eigenvalue weighted by Gasteiger charge is 2.27. The summed E-state index contributed by atoms with van der Waals surface area (Å²) in [7, 11) is 1.77. The molecule has 2 rings (SSSR count). The summed E-state index contributed by atoms with van der Waals surface area (Å²) in [6.07, 6.45) is 4.54. The number of nitrogens with zero attached hydrogens (tertiary/aromatic N) is 1. The van der Waals surface area contributed by atoms with E-state index in [1.807, 2.05) is 0 Å². The van der Waals surface area contributed by atoms with Crippen molar-refractivity contribution in [3.05, 3.63) is 0 Å². The van der Waals surface area contributed by atoms with Gasteiger partial charge < -0.3 is 20.3 Å². The molecule has 0 aromatic carbocycles. The topological polar surface area (TPSA) is 53.6 Å². The second kappa shape index (κ2) is 8.27. The van der Waals surface area contributed by atoms with Gasteiger partial charge in [-0.1, -0.05) is 13.8 Å². The Morgan fingerprint density at radius 2 is 2.18 bits per heavy atom. The highest BCUT2D eigenvalue weighted by Crippen LogP contribution is 2.22. The minimum Gasteiger partial charge on any atom is -0.384 e. The monoisotopic (exact) mass is 311 g/mol. The van der Waals surface area contributed by atoms with E-state index in [0.717, 1.165) is 45.6 Å². The molecular weight excluding hydrogens is 278 g/mol. The summed E-state index contributed by atoms with van der Waals surface area (Å²) in [6, 6.07) is 0.0420. The number of ether oxygens (including phenoxy) is 1. The molecule has 2 heterocycles. The predicted octanol–water partition coefficient (Wildman–Crippen LogP) is 1.24. The van der Waals surface area contributed by atoms with Crippen molar-refractivity contribution < 1.29 is 9.53 Å². The Kier molecular flexibility index (Phi) is 6.66. The minimum atomic E-state index is 0.0420. The first-order valence-corrected chi connectivity index (χ1v) is 8.72. The second-order valence-electron chi connectivity index (χ2n) is 7.73. The SMILES string of the molecule is COCC(C)(C)CN1CCCC(CNC(=O)C2CCCN2)C1. The quantitative estimate of drug-likeness (QED) is 0.743. The highest BCUT2D eigenvalue weighted by atomic mass is 16.5. The average Bonchev–Trinajstić information content (AvgIpc) is 2.98. The Labute approximate surface area is 135 Å². The van der Waals surface area contributed by atoms with E-state index in [-0.39, 0.29) is 17.4 Å². The van der Waals surface area contributed by atoms with Gasteiger partial charge in [0.25, 0.3) is 0 Å². The van der Waals surface area contributed by atoms with Gasteiger partial charge in [-0.15, -0.1) is 0 Å². The molecule has 0 radical (unpaired) electrons.